The summed E-state index contributed by atoms with van der Waals surface area (Å²) in [6.45, 7) is 0. The minimum atomic E-state index is -3.33. The van der Waals surface area contributed by atoms with Gasteiger partial charge in [-0.2, -0.15) is 0 Å². The molecule has 15 heavy (non-hydrogen) atoms. The largest absolute Gasteiger partial charge is 0.246 e. The summed E-state index contributed by atoms with van der Waals surface area (Å²) < 4.78 is 22.2. The molecule has 2 rings (SSSR count). The third kappa shape index (κ3) is 2.18. The van der Waals surface area contributed by atoms with Crippen molar-refractivity contribution in [3.63, 3.8) is 0 Å². The Balaban J connectivity index is 2.42. The number of hydrogen-bond donors (Lipinski definition) is 0. The minimum absolute atomic E-state index is 0.164. The summed E-state index contributed by atoms with van der Waals surface area (Å²) in [4.78, 5) is 11.6. The van der Waals surface area contributed by atoms with Gasteiger partial charge in [0.05, 0.1) is 0 Å². The van der Waals surface area contributed by atoms with Crippen LogP contribution in [0.1, 0.15) is 0 Å². The predicted molar refractivity (Wildman–Crippen MR) is 56.2 cm³/mol. The van der Waals surface area contributed by atoms with Gasteiger partial charge in [0.25, 0.3) is 0 Å². The topological polar surface area (TPSA) is 72.8 Å². The zero-order valence-corrected chi connectivity index (χ0v) is 9.42. The lowest BCUT2D eigenvalue weighted by Gasteiger charge is -1.97. The van der Waals surface area contributed by atoms with Crippen LogP contribution >= 0.6 is 11.3 Å². The molecule has 0 aromatic carbocycles. The zero-order valence-electron chi connectivity index (χ0n) is 7.78. The molecule has 2 heterocycles. The van der Waals surface area contributed by atoms with Crippen LogP contribution in [-0.2, 0) is 9.84 Å². The first-order valence-corrected chi connectivity index (χ1v) is 6.76. The Morgan fingerprint density at radius 1 is 1.20 bits per heavy atom. The van der Waals surface area contributed by atoms with Crippen molar-refractivity contribution >= 4 is 21.2 Å². The fraction of sp³-hybridized carbons (Fsp3) is 0.125. The molecule has 0 unspecified atom stereocenters. The van der Waals surface area contributed by atoms with Crippen molar-refractivity contribution in [1.82, 2.24) is 15.0 Å². The highest BCUT2D eigenvalue weighted by atomic mass is 32.2. The summed E-state index contributed by atoms with van der Waals surface area (Å²) in [7, 11) is -3.33. The summed E-state index contributed by atoms with van der Waals surface area (Å²) in [5.41, 5.74) is 0.720. The lowest BCUT2D eigenvalue weighted by molar-refractivity contribution is 0.593. The molecular weight excluding hydrogens is 234 g/mol. The van der Waals surface area contributed by atoms with Crippen LogP contribution in [0.15, 0.2) is 29.1 Å². The van der Waals surface area contributed by atoms with Gasteiger partial charge in [0, 0.05) is 35.8 Å². The van der Waals surface area contributed by atoms with E-state index < -0.39 is 9.84 Å². The Morgan fingerprint density at radius 2 is 1.87 bits per heavy atom. The standard InChI is InChI=1S/C8H7N3O2S2/c1-15(12,13)8-10-4-6(5-11-8)7-9-2-3-14-7/h2-5H,1H3. The lowest BCUT2D eigenvalue weighted by atomic mass is 10.4. The van der Waals surface area contributed by atoms with Crippen LogP contribution in [0, 0.1) is 0 Å². The van der Waals surface area contributed by atoms with Crippen LogP contribution < -0.4 is 0 Å². The number of aromatic nitrogens is 3. The third-order valence-electron chi connectivity index (χ3n) is 1.64. The van der Waals surface area contributed by atoms with E-state index in [2.05, 4.69) is 15.0 Å². The van der Waals surface area contributed by atoms with Gasteiger partial charge in [-0.25, -0.2) is 23.4 Å². The van der Waals surface area contributed by atoms with Crippen LogP contribution in [-0.4, -0.2) is 29.6 Å². The lowest BCUT2D eigenvalue weighted by Crippen LogP contribution is -2.03. The molecule has 7 heteroatoms. The van der Waals surface area contributed by atoms with Gasteiger partial charge < -0.3 is 0 Å². The van der Waals surface area contributed by atoms with E-state index in [1.807, 2.05) is 5.38 Å². The molecule has 0 aliphatic rings. The Labute approximate surface area is 90.8 Å². The van der Waals surface area contributed by atoms with Crippen molar-refractivity contribution in [1.29, 1.82) is 0 Å². The molecule has 78 valence electrons. The number of hydrogen-bond acceptors (Lipinski definition) is 6. The van der Waals surface area contributed by atoms with E-state index in [-0.39, 0.29) is 5.16 Å². The van der Waals surface area contributed by atoms with Crippen molar-refractivity contribution in [3.05, 3.63) is 24.0 Å². The molecule has 0 saturated carbocycles. The van der Waals surface area contributed by atoms with Gasteiger partial charge in [-0.15, -0.1) is 11.3 Å². The van der Waals surface area contributed by atoms with Gasteiger partial charge in [0.1, 0.15) is 5.01 Å². The molecule has 2 aromatic heterocycles. The quantitative estimate of drug-likeness (QED) is 0.733. The van der Waals surface area contributed by atoms with Crippen molar-refractivity contribution in [2.24, 2.45) is 0 Å². The number of rotatable bonds is 2. The van der Waals surface area contributed by atoms with Crippen LogP contribution in [0.3, 0.4) is 0 Å². The Bertz CT molecular complexity index is 546. The van der Waals surface area contributed by atoms with E-state index in [0.29, 0.717) is 0 Å². The van der Waals surface area contributed by atoms with Crippen LogP contribution in [0.5, 0.6) is 0 Å². The summed E-state index contributed by atoms with van der Waals surface area (Å²) in [6.07, 6.45) is 5.67. The highest BCUT2D eigenvalue weighted by molar-refractivity contribution is 7.90. The Hall–Kier alpha value is -1.34. The molecule has 2 aromatic rings. The second-order valence-electron chi connectivity index (χ2n) is 2.86. The number of nitrogens with zero attached hydrogens (tertiary/aromatic N) is 3. The van der Waals surface area contributed by atoms with Gasteiger partial charge in [-0.05, 0) is 0 Å². The average molecular weight is 241 g/mol. The fourth-order valence-electron chi connectivity index (χ4n) is 0.984. The van der Waals surface area contributed by atoms with E-state index >= 15 is 0 Å². The monoisotopic (exact) mass is 241 g/mol. The van der Waals surface area contributed by atoms with E-state index in [1.54, 1.807) is 6.20 Å². The maximum absolute atomic E-state index is 11.1. The van der Waals surface area contributed by atoms with E-state index in [0.717, 1.165) is 16.8 Å². The molecular formula is C8H7N3O2S2. The molecule has 5 nitrogen and oxygen atoms in total. The first-order valence-electron chi connectivity index (χ1n) is 3.99. The molecule has 0 radical (unpaired) electrons. The first-order chi connectivity index (χ1) is 7.07. The van der Waals surface area contributed by atoms with E-state index in [1.165, 1.54) is 23.7 Å². The van der Waals surface area contributed by atoms with Crippen molar-refractivity contribution < 1.29 is 8.42 Å². The third-order valence-corrected chi connectivity index (χ3v) is 3.34. The molecule has 0 aliphatic carbocycles. The molecule has 0 atom stereocenters. The fourth-order valence-corrected chi connectivity index (χ4v) is 2.09. The van der Waals surface area contributed by atoms with Gasteiger partial charge >= 0.3 is 0 Å². The normalized spacial score (nSPS) is 11.5. The highest BCUT2D eigenvalue weighted by Gasteiger charge is 2.11. The molecule has 0 bridgehead atoms. The maximum Gasteiger partial charge on any atom is 0.246 e. The van der Waals surface area contributed by atoms with Gasteiger partial charge in [0.15, 0.2) is 0 Å². The molecule has 0 amide bonds. The predicted octanol–water partition coefficient (Wildman–Crippen LogP) is 1.00. The Kier molecular flexibility index (Phi) is 2.49. The van der Waals surface area contributed by atoms with Crippen LogP contribution in [0.25, 0.3) is 10.6 Å². The second kappa shape index (κ2) is 3.67. The van der Waals surface area contributed by atoms with Gasteiger partial charge in [-0.1, -0.05) is 0 Å². The van der Waals surface area contributed by atoms with E-state index in [9.17, 15) is 8.42 Å². The van der Waals surface area contributed by atoms with Gasteiger partial charge in [-0.3, -0.25) is 0 Å². The van der Waals surface area contributed by atoms with Crippen molar-refractivity contribution in [3.8, 4) is 10.6 Å². The maximum atomic E-state index is 11.1. The second-order valence-corrected chi connectivity index (χ2v) is 5.67. The minimum Gasteiger partial charge on any atom is -0.244 e. The first kappa shape index (κ1) is 10.2. The summed E-state index contributed by atoms with van der Waals surface area (Å²) in [5.74, 6) is 0. The molecule has 0 N–H and O–H groups in total. The van der Waals surface area contributed by atoms with E-state index in [4.69, 9.17) is 0 Å². The average Bonchev–Trinajstić information content (AvgIpc) is 2.69. The molecule has 0 aliphatic heterocycles. The smallest absolute Gasteiger partial charge is 0.244 e. The SMILES string of the molecule is CS(=O)(=O)c1ncc(-c2nccs2)cn1. The number of thiazole rings is 1. The molecule has 0 saturated heterocycles. The Morgan fingerprint density at radius 3 is 2.33 bits per heavy atom. The molecule has 0 spiro atoms. The van der Waals surface area contributed by atoms with Crippen molar-refractivity contribution in [2.45, 2.75) is 5.16 Å². The van der Waals surface area contributed by atoms with Gasteiger partial charge in [0.2, 0.25) is 15.0 Å². The summed E-state index contributed by atoms with van der Waals surface area (Å²) >= 11 is 1.45. The summed E-state index contributed by atoms with van der Waals surface area (Å²) in [5, 5.41) is 2.44. The summed E-state index contributed by atoms with van der Waals surface area (Å²) in [6, 6.07) is 0. The van der Waals surface area contributed by atoms with Crippen LogP contribution in [0.4, 0.5) is 0 Å². The van der Waals surface area contributed by atoms with Crippen molar-refractivity contribution in [2.75, 3.05) is 6.26 Å². The zero-order chi connectivity index (χ0) is 10.9. The highest BCUT2D eigenvalue weighted by Crippen LogP contribution is 2.19. The number of sulfone groups is 1. The molecule has 0 fully saturated rings. The van der Waals surface area contributed by atoms with Crippen LogP contribution in [0.2, 0.25) is 0 Å².